The van der Waals surface area contributed by atoms with Gasteiger partial charge in [0.25, 0.3) is 0 Å². The molecule has 18 heavy (non-hydrogen) atoms. The Kier molecular flexibility index (Phi) is 3.31. The second-order valence-electron chi connectivity index (χ2n) is 4.01. The van der Waals surface area contributed by atoms with E-state index in [0.717, 1.165) is 0 Å². The van der Waals surface area contributed by atoms with Gasteiger partial charge in [0, 0.05) is 6.42 Å². The Morgan fingerprint density at radius 1 is 1.33 bits per heavy atom. The van der Waals surface area contributed by atoms with E-state index in [9.17, 15) is 19.8 Å². The number of hydrogen-bond acceptors (Lipinski definition) is 5. The molecule has 0 saturated carbocycles. The number of aliphatic hydroxyl groups excluding tert-OH is 2. The quantitative estimate of drug-likeness (QED) is 0.706. The summed E-state index contributed by atoms with van der Waals surface area (Å²) < 4.78 is 5.26. The van der Waals surface area contributed by atoms with E-state index in [1.807, 2.05) is 0 Å². The maximum Gasteiger partial charge on any atom is 0.335 e. The molecule has 96 valence electrons. The number of carboxylic acid groups (broad SMARTS) is 1. The minimum absolute atomic E-state index is 0.0592. The Morgan fingerprint density at radius 2 is 2.06 bits per heavy atom. The smallest absolute Gasteiger partial charge is 0.335 e. The molecular weight excluding hydrogens is 240 g/mol. The summed E-state index contributed by atoms with van der Waals surface area (Å²) >= 11 is 0. The van der Waals surface area contributed by atoms with Crippen molar-refractivity contribution in [1.82, 2.24) is 0 Å². The van der Waals surface area contributed by atoms with Gasteiger partial charge in [-0.3, -0.25) is 4.79 Å². The normalized spacial score (nSPS) is 17.6. The van der Waals surface area contributed by atoms with Crippen LogP contribution in [0.15, 0.2) is 18.2 Å². The zero-order valence-electron chi connectivity index (χ0n) is 9.37. The fraction of sp³-hybridized carbons (Fsp3) is 0.333. The fourth-order valence-electron chi connectivity index (χ4n) is 1.78. The first-order valence-corrected chi connectivity index (χ1v) is 5.39. The molecule has 0 bridgehead atoms. The average molecular weight is 252 g/mol. The van der Waals surface area contributed by atoms with Crippen LogP contribution < -0.4 is 4.74 Å². The van der Waals surface area contributed by atoms with Gasteiger partial charge in [-0.1, -0.05) is 6.07 Å². The van der Waals surface area contributed by atoms with E-state index in [2.05, 4.69) is 0 Å². The number of carboxylic acids is 1. The molecule has 3 N–H and O–H groups in total. The summed E-state index contributed by atoms with van der Waals surface area (Å²) in [4.78, 5) is 22.1. The van der Waals surface area contributed by atoms with Crippen LogP contribution in [-0.2, 0) is 4.79 Å². The van der Waals surface area contributed by atoms with Gasteiger partial charge < -0.3 is 20.1 Å². The zero-order chi connectivity index (χ0) is 13.3. The van der Waals surface area contributed by atoms with Crippen LogP contribution in [0.25, 0.3) is 0 Å². The molecule has 1 aromatic rings. The lowest BCUT2D eigenvalue weighted by Gasteiger charge is -2.19. The Balaban J connectivity index is 2.31. The van der Waals surface area contributed by atoms with Crippen molar-refractivity contribution < 1.29 is 29.6 Å². The van der Waals surface area contributed by atoms with Gasteiger partial charge in [0.15, 0.2) is 11.9 Å². The van der Waals surface area contributed by atoms with Crippen molar-refractivity contribution in [2.75, 3.05) is 6.61 Å². The third kappa shape index (κ3) is 2.20. The van der Waals surface area contributed by atoms with Gasteiger partial charge in [-0.2, -0.15) is 0 Å². The topological polar surface area (TPSA) is 104 Å². The van der Waals surface area contributed by atoms with Crippen molar-refractivity contribution in [3.8, 4) is 5.75 Å². The van der Waals surface area contributed by atoms with E-state index in [1.54, 1.807) is 0 Å². The zero-order valence-corrected chi connectivity index (χ0v) is 9.37. The monoisotopic (exact) mass is 252 g/mol. The van der Waals surface area contributed by atoms with Gasteiger partial charge >= 0.3 is 5.97 Å². The molecule has 6 nitrogen and oxygen atoms in total. The van der Waals surface area contributed by atoms with Gasteiger partial charge in [-0.25, -0.2) is 4.79 Å². The first-order chi connectivity index (χ1) is 8.50. The summed E-state index contributed by atoms with van der Waals surface area (Å²) in [5.41, 5.74) is 0.598. The molecule has 2 atom stereocenters. The molecule has 0 fully saturated rings. The number of hydrogen-bond donors (Lipinski definition) is 3. The number of rotatable bonds is 3. The summed E-state index contributed by atoms with van der Waals surface area (Å²) in [6.45, 7) is 0.257. The summed E-state index contributed by atoms with van der Waals surface area (Å²) in [5.74, 6) is -1.27. The Bertz CT molecular complexity index is 495. The highest BCUT2D eigenvalue weighted by Crippen LogP contribution is 2.29. The second-order valence-corrected chi connectivity index (χ2v) is 4.01. The highest BCUT2D eigenvalue weighted by atomic mass is 16.5. The number of ether oxygens (including phenoxy) is 1. The van der Waals surface area contributed by atoms with Crippen LogP contribution >= 0.6 is 0 Å². The van der Waals surface area contributed by atoms with Gasteiger partial charge in [0.05, 0.1) is 12.2 Å². The lowest BCUT2D eigenvalue weighted by Crippen LogP contribution is -2.27. The summed E-state index contributed by atoms with van der Waals surface area (Å²) in [5, 5.41) is 27.5. The molecule has 1 aliphatic rings. The number of aliphatic carboxylic acids is 1. The Hall–Kier alpha value is -1.92. The third-order valence-corrected chi connectivity index (χ3v) is 2.79. The summed E-state index contributed by atoms with van der Waals surface area (Å²) in [6.07, 6.45) is -3.18. The van der Waals surface area contributed by atoms with Gasteiger partial charge in [-0.05, 0) is 17.7 Å². The molecular formula is C12H12O6. The molecule has 0 aliphatic carbocycles. The molecule has 0 aromatic heterocycles. The van der Waals surface area contributed by atoms with Crippen LogP contribution in [0.5, 0.6) is 5.75 Å². The standard InChI is InChI=1S/C12H12O6/c13-8-3-4-18-9-5-6(1-2-7(8)9)10(14)11(15)12(16)17/h1-2,5,10-11,14-15H,3-4H2,(H,16,17). The van der Waals surface area contributed by atoms with E-state index in [4.69, 9.17) is 9.84 Å². The molecule has 1 aliphatic heterocycles. The maximum absolute atomic E-state index is 11.5. The van der Waals surface area contributed by atoms with Gasteiger partial charge in [0.1, 0.15) is 11.9 Å². The fourth-order valence-corrected chi connectivity index (χ4v) is 1.78. The average Bonchev–Trinajstić information content (AvgIpc) is 2.36. The van der Waals surface area contributed by atoms with E-state index in [0.29, 0.717) is 17.7 Å². The Morgan fingerprint density at radius 3 is 2.72 bits per heavy atom. The van der Waals surface area contributed by atoms with Gasteiger partial charge in [-0.15, -0.1) is 0 Å². The van der Waals surface area contributed by atoms with Crippen LogP contribution in [0.3, 0.4) is 0 Å². The first-order valence-electron chi connectivity index (χ1n) is 5.39. The predicted molar refractivity (Wildman–Crippen MR) is 59.5 cm³/mol. The lowest BCUT2D eigenvalue weighted by atomic mass is 9.98. The van der Waals surface area contributed by atoms with Crippen LogP contribution in [-0.4, -0.2) is 39.8 Å². The SMILES string of the molecule is O=C1CCOc2cc(C(O)C(O)C(=O)O)ccc21. The van der Waals surface area contributed by atoms with Gasteiger partial charge in [0.2, 0.25) is 0 Å². The van der Waals surface area contributed by atoms with Crippen LogP contribution in [0.2, 0.25) is 0 Å². The van der Waals surface area contributed by atoms with Crippen LogP contribution in [0.1, 0.15) is 28.4 Å². The molecule has 0 spiro atoms. The number of ketones is 1. The van der Waals surface area contributed by atoms with Crippen molar-refractivity contribution in [3.63, 3.8) is 0 Å². The van der Waals surface area contributed by atoms with Crippen molar-refractivity contribution in [2.45, 2.75) is 18.6 Å². The summed E-state index contributed by atoms with van der Waals surface area (Å²) in [6, 6.07) is 4.25. The number of aliphatic hydroxyl groups is 2. The number of carbonyl (C=O) groups is 2. The number of fused-ring (bicyclic) bond motifs is 1. The molecule has 0 saturated heterocycles. The van der Waals surface area contributed by atoms with E-state index in [-0.39, 0.29) is 18.0 Å². The highest BCUT2D eigenvalue weighted by molar-refractivity contribution is 5.99. The van der Waals surface area contributed by atoms with E-state index >= 15 is 0 Å². The molecule has 1 heterocycles. The first kappa shape index (κ1) is 12.5. The van der Waals surface area contributed by atoms with Crippen molar-refractivity contribution in [3.05, 3.63) is 29.3 Å². The largest absolute Gasteiger partial charge is 0.492 e. The lowest BCUT2D eigenvalue weighted by molar-refractivity contribution is -0.153. The third-order valence-electron chi connectivity index (χ3n) is 2.79. The molecule has 0 amide bonds. The van der Waals surface area contributed by atoms with Crippen LogP contribution in [0, 0.1) is 0 Å². The van der Waals surface area contributed by atoms with Crippen molar-refractivity contribution >= 4 is 11.8 Å². The molecule has 2 unspecified atom stereocenters. The molecule has 6 heteroatoms. The second kappa shape index (κ2) is 4.75. The minimum Gasteiger partial charge on any atom is -0.492 e. The Labute approximate surface area is 102 Å². The molecule has 1 aromatic carbocycles. The predicted octanol–water partition coefficient (Wildman–Crippen LogP) is 0.131. The highest BCUT2D eigenvalue weighted by Gasteiger charge is 2.27. The molecule has 0 radical (unpaired) electrons. The maximum atomic E-state index is 11.5. The van der Waals surface area contributed by atoms with Crippen LogP contribution in [0.4, 0.5) is 0 Å². The number of carbonyl (C=O) groups excluding carboxylic acids is 1. The van der Waals surface area contributed by atoms with E-state index in [1.165, 1.54) is 18.2 Å². The van der Waals surface area contributed by atoms with Crippen molar-refractivity contribution in [1.29, 1.82) is 0 Å². The van der Waals surface area contributed by atoms with Crippen molar-refractivity contribution in [2.24, 2.45) is 0 Å². The number of Topliss-reactive ketones (excluding diaryl/α,β-unsaturated/α-hetero) is 1. The molecule has 2 rings (SSSR count). The summed E-state index contributed by atoms with van der Waals surface area (Å²) in [7, 11) is 0. The minimum atomic E-state index is -1.91. The number of benzene rings is 1. The van der Waals surface area contributed by atoms with E-state index < -0.39 is 18.2 Å².